The lowest BCUT2D eigenvalue weighted by Crippen LogP contribution is -2.23. The molecule has 1 aromatic heterocycles. The number of rotatable bonds is 7. The second kappa shape index (κ2) is 9.25. The molecule has 1 aliphatic heterocycles. The second-order valence-corrected chi connectivity index (χ2v) is 7.33. The quantitative estimate of drug-likeness (QED) is 0.617. The fraction of sp³-hybridized carbons (Fsp3) is 0.217. The summed E-state index contributed by atoms with van der Waals surface area (Å²) in [6.07, 6.45) is 6.82. The van der Waals surface area contributed by atoms with E-state index in [0.717, 1.165) is 12.1 Å². The maximum atomic E-state index is 12.7. The molecule has 2 N–H and O–H groups in total. The smallest absolute Gasteiger partial charge is 0.255 e. The van der Waals surface area contributed by atoms with Gasteiger partial charge >= 0.3 is 0 Å². The van der Waals surface area contributed by atoms with Crippen LogP contribution < -0.4 is 15.5 Å². The average Bonchev–Trinajstić information content (AvgIpc) is 3.44. The minimum absolute atomic E-state index is 0.0972. The van der Waals surface area contributed by atoms with E-state index in [-0.39, 0.29) is 17.7 Å². The number of amides is 3. The van der Waals surface area contributed by atoms with Gasteiger partial charge in [0.25, 0.3) is 5.91 Å². The van der Waals surface area contributed by atoms with E-state index in [2.05, 4.69) is 15.6 Å². The number of nitrogens with one attached hydrogen (secondary N) is 2. The van der Waals surface area contributed by atoms with Gasteiger partial charge in [0, 0.05) is 61.0 Å². The Bertz CT molecular complexity index is 1090. The van der Waals surface area contributed by atoms with E-state index in [1.807, 2.05) is 16.7 Å². The van der Waals surface area contributed by atoms with Crippen molar-refractivity contribution >= 4 is 34.8 Å². The van der Waals surface area contributed by atoms with E-state index >= 15 is 0 Å². The largest absolute Gasteiger partial charge is 0.337 e. The Kier molecular flexibility index (Phi) is 6.07. The number of carbonyl (C=O) groups is 3. The van der Waals surface area contributed by atoms with Crippen LogP contribution in [0.3, 0.4) is 0 Å². The number of aromatic nitrogens is 2. The zero-order valence-electron chi connectivity index (χ0n) is 17.0. The van der Waals surface area contributed by atoms with Gasteiger partial charge in [-0.3, -0.25) is 14.4 Å². The third kappa shape index (κ3) is 5.16. The Balaban J connectivity index is 1.38. The molecule has 3 amide bonds. The standard InChI is InChI=1S/C23H23N5O3/c29-21(9-12-27-13-10-24-16-27)25-18-5-1-4-17(14-18)23(31)26-19-6-2-7-20(15-19)28-11-3-8-22(28)30/h1-2,4-7,10,13-16H,3,8-9,11-12H2,(H,25,29)(H,26,31). The Labute approximate surface area is 179 Å². The lowest BCUT2D eigenvalue weighted by molar-refractivity contribution is -0.117. The molecule has 0 saturated carbocycles. The maximum Gasteiger partial charge on any atom is 0.255 e. The van der Waals surface area contributed by atoms with Gasteiger partial charge in [0.2, 0.25) is 11.8 Å². The highest BCUT2D eigenvalue weighted by Crippen LogP contribution is 2.24. The molecule has 2 heterocycles. The zero-order valence-corrected chi connectivity index (χ0v) is 17.0. The number of imidazole rings is 1. The monoisotopic (exact) mass is 417 g/mol. The van der Waals surface area contributed by atoms with E-state index in [1.54, 1.807) is 60.0 Å². The maximum absolute atomic E-state index is 12.7. The zero-order chi connectivity index (χ0) is 21.6. The minimum atomic E-state index is -0.292. The Morgan fingerprint density at radius 1 is 1.03 bits per heavy atom. The van der Waals surface area contributed by atoms with Crippen molar-refractivity contribution in [2.45, 2.75) is 25.8 Å². The van der Waals surface area contributed by atoms with Crippen LogP contribution >= 0.6 is 0 Å². The van der Waals surface area contributed by atoms with Gasteiger partial charge in [0.15, 0.2) is 0 Å². The first-order valence-corrected chi connectivity index (χ1v) is 10.2. The number of carbonyl (C=O) groups excluding carboxylic acids is 3. The number of anilines is 3. The van der Waals surface area contributed by atoms with Crippen LogP contribution in [0.1, 0.15) is 29.6 Å². The molecule has 1 saturated heterocycles. The fourth-order valence-electron chi connectivity index (χ4n) is 3.49. The van der Waals surface area contributed by atoms with Crippen LogP contribution in [0.2, 0.25) is 0 Å². The van der Waals surface area contributed by atoms with Gasteiger partial charge in [0.1, 0.15) is 0 Å². The molecule has 0 atom stereocenters. The van der Waals surface area contributed by atoms with Gasteiger partial charge in [0.05, 0.1) is 6.33 Å². The van der Waals surface area contributed by atoms with E-state index in [1.165, 1.54) is 0 Å². The van der Waals surface area contributed by atoms with Gasteiger partial charge in [-0.2, -0.15) is 0 Å². The summed E-state index contributed by atoms with van der Waals surface area (Å²) in [5.41, 5.74) is 2.37. The Morgan fingerprint density at radius 2 is 1.84 bits per heavy atom. The first-order chi connectivity index (χ1) is 15.1. The van der Waals surface area contributed by atoms with E-state index in [4.69, 9.17) is 0 Å². The van der Waals surface area contributed by atoms with Crippen molar-refractivity contribution in [2.24, 2.45) is 0 Å². The van der Waals surface area contributed by atoms with Crippen LogP contribution in [0, 0.1) is 0 Å². The molecule has 3 aromatic rings. The lowest BCUT2D eigenvalue weighted by atomic mass is 10.1. The van der Waals surface area contributed by atoms with Gasteiger partial charge in [-0.15, -0.1) is 0 Å². The number of aryl methyl sites for hydroxylation is 1. The third-order valence-corrected chi connectivity index (χ3v) is 5.05. The number of hydrogen-bond acceptors (Lipinski definition) is 4. The SMILES string of the molecule is O=C(CCn1ccnc1)Nc1cccc(C(=O)Nc2cccc(N3CCCC3=O)c2)c1. The summed E-state index contributed by atoms with van der Waals surface area (Å²) in [5, 5.41) is 5.68. The Hall–Kier alpha value is -3.94. The van der Waals surface area contributed by atoms with E-state index in [0.29, 0.717) is 42.9 Å². The Morgan fingerprint density at radius 3 is 2.58 bits per heavy atom. The van der Waals surface area contributed by atoms with E-state index in [9.17, 15) is 14.4 Å². The average molecular weight is 417 g/mol. The van der Waals surface area contributed by atoms with Crippen LogP contribution in [-0.2, 0) is 16.1 Å². The van der Waals surface area contributed by atoms with Gasteiger partial charge in [-0.25, -0.2) is 4.98 Å². The topological polar surface area (TPSA) is 96.3 Å². The summed E-state index contributed by atoms with van der Waals surface area (Å²) in [6.45, 7) is 1.22. The van der Waals surface area contributed by atoms with Crippen molar-refractivity contribution in [2.75, 3.05) is 22.1 Å². The van der Waals surface area contributed by atoms with Crippen molar-refractivity contribution in [1.82, 2.24) is 9.55 Å². The van der Waals surface area contributed by atoms with Gasteiger partial charge in [-0.1, -0.05) is 12.1 Å². The molecule has 8 nitrogen and oxygen atoms in total. The predicted octanol–water partition coefficient (Wildman–Crippen LogP) is 3.29. The summed E-state index contributed by atoms with van der Waals surface area (Å²) in [6, 6.07) is 14.0. The summed E-state index contributed by atoms with van der Waals surface area (Å²) in [7, 11) is 0. The molecule has 0 aliphatic carbocycles. The molecule has 8 heteroatoms. The third-order valence-electron chi connectivity index (χ3n) is 5.05. The normalized spacial score (nSPS) is 13.3. The van der Waals surface area contributed by atoms with Gasteiger partial charge < -0.3 is 20.1 Å². The molecule has 0 radical (unpaired) electrons. The molecule has 2 aromatic carbocycles. The molecule has 0 bridgehead atoms. The van der Waals surface area contributed by atoms with E-state index < -0.39 is 0 Å². The molecule has 1 fully saturated rings. The van der Waals surface area contributed by atoms with Crippen molar-refractivity contribution in [3.8, 4) is 0 Å². The fourth-order valence-corrected chi connectivity index (χ4v) is 3.49. The molecular formula is C23H23N5O3. The lowest BCUT2D eigenvalue weighted by Gasteiger charge is -2.17. The molecule has 0 unspecified atom stereocenters. The number of nitrogens with zero attached hydrogens (tertiary/aromatic N) is 3. The highest BCUT2D eigenvalue weighted by molar-refractivity contribution is 6.06. The number of hydrogen-bond donors (Lipinski definition) is 2. The highest BCUT2D eigenvalue weighted by atomic mass is 16.2. The first kappa shape index (κ1) is 20.3. The second-order valence-electron chi connectivity index (χ2n) is 7.33. The predicted molar refractivity (Wildman–Crippen MR) is 118 cm³/mol. The van der Waals surface area contributed by atoms with Crippen LogP contribution in [0.4, 0.5) is 17.1 Å². The van der Waals surface area contributed by atoms with Crippen molar-refractivity contribution in [3.05, 3.63) is 72.8 Å². The van der Waals surface area contributed by atoms with Crippen molar-refractivity contribution in [3.63, 3.8) is 0 Å². The van der Waals surface area contributed by atoms with Crippen molar-refractivity contribution in [1.29, 1.82) is 0 Å². The summed E-state index contributed by atoms with van der Waals surface area (Å²) >= 11 is 0. The van der Waals surface area contributed by atoms with Crippen LogP contribution in [-0.4, -0.2) is 33.8 Å². The first-order valence-electron chi connectivity index (χ1n) is 10.2. The number of benzene rings is 2. The summed E-state index contributed by atoms with van der Waals surface area (Å²) in [5.74, 6) is -0.339. The molecular weight excluding hydrogens is 394 g/mol. The molecule has 158 valence electrons. The van der Waals surface area contributed by atoms with Crippen LogP contribution in [0.15, 0.2) is 67.3 Å². The van der Waals surface area contributed by atoms with Gasteiger partial charge in [-0.05, 0) is 42.8 Å². The molecule has 31 heavy (non-hydrogen) atoms. The molecule has 0 spiro atoms. The molecule has 1 aliphatic rings. The van der Waals surface area contributed by atoms with Crippen LogP contribution in [0.5, 0.6) is 0 Å². The van der Waals surface area contributed by atoms with Crippen LogP contribution in [0.25, 0.3) is 0 Å². The highest BCUT2D eigenvalue weighted by Gasteiger charge is 2.21. The van der Waals surface area contributed by atoms with Crippen molar-refractivity contribution < 1.29 is 14.4 Å². The molecule has 4 rings (SSSR count). The summed E-state index contributed by atoms with van der Waals surface area (Å²) in [4.78, 5) is 42.6. The summed E-state index contributed by atoms with van der Waals surface area (Å²) < 4.78 is 1.83. The minimum Gasteiger partial charge on any atom is -0.337 e.